The molecule has 3 rings (SSSR count). The summed E-state index contributed by atoms with van der Waals surface area (Å²) in [6, 6.07) is 14.3. The fourth-order valence-corrected chi connectivity index (χ4v) is 2.91. The SMILES string of the molecule is COc1ccccc1/C=N\NC(=O)[C@@H]1CC(=O)N(c2ccc(Cl)cc2)C1. The molecule has 1 aliphatic rings. The van der Waals surface area contributed by atoms with Crippen molar-refractivity contribution in [3.8, 4) is 5.75 Å². The number of hydrogen-bond donors (Lipinski definition) is 1. The maximum absolute atomic E-state index is 12.3. The molecule has 7 heteroatoms. The molecule has 0 saturated carbocycles. The number of ether oxygens (including phenoxy) is 1. The van der Waals surface area contributed by atoms with E-state index >= 15 is 0 Å². The first-order chi connectivity index (χ1) is 12.6. The number of anilines is 1. The molecule has 2 amide bonds. The number of methoxy groups -OCH3 is 1. The molecule has 1 saturated heterocycles. The van der Waals surface area contributed by atoms with Crippen molar-refractivity contribution < 1.29 is 14.3 Å². The van der Waals surface area contributed by atoms with Gasteiger partial charge in [-0.15, -0.1) is 0 Å². The fourth-order valence-electron chi connectivity index (χ4n) is 2.78. The summed E-state index contributed by atoms with van der Waals surface area (Å²) in [4.78, 5) is 26.1. The van der Waals surface area contributed by atoms with Crippen molar-refractivity contribution in [3.63, 3.8) is 0 Å². The maximum atomic E-state index is 12.3. The molecular formula is C19H18ClN3O3. The average molecular weight is 372 g/mol. The van der Waals surface area contributed by atoms with Gasteiger partial charge >= 0.3 is 0 Å². The van der Waals surface area contributed by atoms with Gasteiger partial charge in [-0.2, -0.15) is 5.10 Å². The first-order valence-electron chi connectivity index (χ1n) is 8.10. The monoisotopic (exact) mass is 371 g/mol. The number of halogens is 1. The van der Waals surface area contributed by atoms with Gasteiger partial charge in [0.1, 0.15) is 5.75 Å². The van der Waals surface area contributed by atoms with Crippen LogP contribution in [0.3, 0.4) is 0 Å². The summed E-state index contributed by atoms with van der Waals surface area (Å²) in [6.07, 6.45) is 1.67. The second kappa shape index (κ2) is 8.01. The van der Waals surface area contributed by atoms with Crippen LogP contribution in [0, 0.1) is 5.92 Å². The molecule has 26 heavy (non-hydrogen) atoms. The van der Waals surface area contributed by atoms with Crippen LogP contribution in [0.25, 0.3) is 0 Å². The lowest BCUT2D eigenvalue weighted by atomic mass is 10.1. The van der Waals surface area contributed by atoms with Gasteiger partial charge in [0, 0.05) is 29.2 Å². The zero-order valence-corrected chi connectivity index (χ0v) is 14.9. The van der Waals surface area contributed by atoms with E-state index in [1.165, 1.54) is 6.21 Å². The van der Waals surface area contributed by atoms with Gasteiger partial charge in [-0.25, -0.2) is 5.43 Å². The Labute approximate surface area is 156 Å². The molecule has 0 radical (unpaired) electrons. The van der Waals surface area contributed by atoms with E-state index in [0.29, 0.717) is 17.3 Å². The van der Waals surface area contributed by atoms with E-state index in [-0.39, 0.29) is 18.2 Å². The molecule has 0 aromatic heterocycles. The highest BCUT2D eigenvalue weighted by Gasteiger charge is 2.35. The molecule has 0 unspecified atom stereocenters. The summed E-state index contributed by atoms with van der Waals surface area (Å²) in [7, 11) is 1.57. The minimum Gasteiger partial charge on any atom is -0.496 e. The molecule has 2 aromatic carbocycles. The van der Waals surface area contributed by atoms with E-state index in [1.54, 1.807) is 36.3 Å². The Kier molecular flexibility index (Phi) is 5.53. The molecule has 2 aromatic rings. The average Bonchev–Trinajstić information content (AvgIpc) is 3.04. The number of hydrogen-bond acceptors (Lipinski definition) is 4. The van der Waals surface area contributed by atoms with Crippen LogP contribution >= 0.6 is 11.6 Å². The Morgan fingerprint density at radius 2 is 2.00 bits per heavy atom. The van der Waals surface area contributed by atoms with E-state index in [2.05, 4.69) is 10.5 Å². The molecule has 0 bridgehead atoms. The highest BCUT2D eigenvalue weighted by molar-refractivity contribution is 6.30. The highest BCUT2D eigenvalue weighted by atomic mass is 35.5. The second-order valence-corrected chi connectivity index (χ2v) is 6.29. The van der Waals surface area contributed by atoms with Crippen LogP contribution < -0.4 is 15.1 Å². The van der Waals surface area contributed by atoms with Crippen molar-refractivity contribution in [1.29, 1.82) is 0 Å². The number of hydrazone groups is 1. The van der Waals surface area contributed by atoms with Crippen LogP contribution in [0.2, 0.25) is 5.02 Å². The summed E-state index contributed by atoms with van der Waals surface area (Å²) in [5.41, 5.74) is 3.98. The molecule has 0 spiro atoms. The molecule has 1 N–H and O–H groups in total. The van der Waals surface area contributed by atoms with E-state index < -0.39 is 5.92 Å². The summed E-state index contributed by atoms with van der Waals surface area (Å²) in [6.45, 7) is 0.316. The summed E-state index contributed by atoms with van der Waals surface area (Å²) in [5.74, 6) is -0.175. The first-order valence-corrected chi connectivity index (χ1v) is 8.48. The molecule has 134 valence electrons. The van der Waals surface area contributed by atoms with E-state index in [0.717, 1.165) is 11.3 Å². The van der Waals surface area contributed by atoms with Crippen molar-refractivity contribution >= 4 is 35.3 Å². The number of nitrogens with zero attached hydrogens (tertiary/aromatic N) is 2. The molecule has 1 heterocycles. The van der Waals surface area contributed by atoms with Gasteiger partial charge in [-0.1, -0.05) is 23.7 Å². The van der Waals surface area contributed by atoms with Crippen molar-refractivity contribution in [2.24, 2.45) is 11.0 Å². The number of amides is 2. The van der Waals surface area contributed by atoms with Crippen LogP contribution in [0.4, 0.5) is 5.69 Å². The van der Waals surface area contributed by atoms with E-state index in [9.17, 15) is 9.59 Å². The molecule has 1 aliphatic heterocycles. The molecule has 0 aliphatic carbocycles. The number of para-hydroxylation sites is 1. The number of nitrogens with one attached hydrogen (secondary N) is 1. The largest absolute Gasteiger partial charge is 0.496 e. The molecular weight excluding hydrogens is 354 g/mol. The normalized spacial score (nSPS) is 16.9. The zero-order chi connectivity index (χ0) is 18.5. The smallest absolute Gasteiger partial charge is 0.245 e. The lowest BCUT2D eigenvalue weighted by Crippen LogP contribution is -2.30. The van der Waals surface area contributed by atoms with Crippen molar-refractivity contribution in [3.05, 3.63) is 59.1 Å². The second-order valence-electron chi connectivity index (χ2n) is 5.86. The minimum absolute atomic E-state index is 0.0961. The predicted octanol–water partition coefficient (Wildman–Crippen LogP) is 2.85. The summed E-state index contributed by atoms with van der Waals surface area (Å²) in [5, 5.41) is 4.57. The van der Waals surface area contributed by atoms with Gasteiger partial charge in [0.2, 0.25) is 11.8 Å². The molecule has 1 fully saturated rings. The third kappa shape index (κ3) is 4.03. The molecule has 6 nitrogen and oxygen atoms in total. The standard InChI is InChI=1S/C19H18ClN3O3/c1-26-17-5-3-2-4-13(17)11-21-22-19(25)14-10-18(24)23(12-14)16-8-6-15(20)7-9-16/h2-9,11,14H,10,12H2,1H3,(H,22,25)/b21-11-/t14-/m1/s1. The number of carbonyl (C=O) groups is 2. The number of carbonyl (C=O) groups excluding carboxylic acids is 2. The quantitative estimate of drug-likeness (QED) is 0.649. The van der Waals surface area contributed by atoms with Gasteiger partial charge in [0.25, 0.3) is 0 Å². The highest BCUT2D eigenvalue weighted by Crippen LogP contribution is 2.26. The third-order valence-electron chi connectivity index (χ3n) is 4.15. The van der Waals surface area contributed by atoms with Crippen LogP contribution in [-0.4, -0.2) is 31.7 Å². The Bertz CT molecular complexity index is 836. The number of rotatable bonds is 5. The van der Waals surface area contributed by atoms with E-state index in [4.69, 9.17) is 16.3 Å². The zero-order valence-electron chi connectivity index (χ0n) is 14.2. The van der Waals surface area contributed by atoms with Gasteiger partial charge < -0.3 is 9.64 Å². The van der Waals surface area contributed by atoms with Crippen LogP contribution in [0.1, 0.15) is 12.0 Å². The first kappa shape index (κ1) is 17.9. The van der Waals surface area contributed by atoms with E-state index in [1.807, 2.05) is 24.3 Å². The fraction of sp³-hybridized carbons (Fsp3) is 0.211. The maximum Gasteiger partial charge on any atom is 0.245 e. The lowest BCUT2D eigenvalue weighted by Gasteiger charge is -2.16. The van der Waals surface area contributed by atoms with Gasteiger partial charge in [0.15, 0.2) is 0 Å². The Morgan fingerprint density at radius 3 is 2.73 bits per heavy atom. The molecule has 1 atom stereocenters. The lowest BCUT2D eigenvalue weighted by molar-refractivity contribution is -0.126. The third-order valence-corrected chi connectivity index (χ3v) is 4.40. The Balaban J connectivity index is 1.61. The predicted molar refractivity (Wildman–Crippen MR) is 101 cm³/mol. The Morgan fingerprint density at radius 1 is 1.27 bits per heavy atom. The van der Waals surface area contributed by atoms with Crippen LogP contribution in [-0.2, 0) is 9.59 Å². The van der Waals surface area contributed by atoms with Crippen molar-refractivity contribution in [2.75, 3.05) is 18.6 Å². The summed E-state index contributed by atoms with van der Waals surface area (Å²) < 4.78 is 5.22. The summed E-state index contributed by atoms with van der Waals surface area (Å²) >= 11 is 5.87. The van der Waals surface area contributed by atoms with Gasteiger partial charge in [-0.3, -0.25) is 9.59 Å². The Hall–Kier alpha value is -2.86. The van der Waals surface area contributed by atoms with Crippen molar-refractivity contribution in [2.45, 2.75) is 6.42 Å². The van der Waals surface area contributed by atoms with Crippen molar-refractivity contribution in [1.82, 2.24) is 5.43 Å². The van der Waals surface area contributed by atoms with Crippen LogP contribution in [0.15, 0.2) is 53.6 Å². The number of benzene rings is 2. The van der Waals surface area contributed by atoms with Crippen LogP contribution in [0.5, 0.6) is 5.75 Å². The van der Waals surface area contributed by atoms with Gasteiger partial charge in [-0.05, 0) is 36.4 Å². The topological polar surface area (TPSA) is 71.0 Å². The minimum atomic E-state index is -0.451. The van der Waals surface area contributed by atoms with Gasteiger partial charge in [0.05, 0.1) is 19.2 Å².